The Kier molecular flexibility index (Phi) is 4.44. The van der Waals surface area contributed by atoms with Gasteiger partial charge in [0.1, 0.15) is 12.2 Å². The van der Waals surface area contributed by atoms with E-state index in [2.05, 4.69) is 0 Å². The molecule has 112 valence electrons. The molecule has 0 saturated heterocycles. The Bertz CT molecular complexity index is 717. The summed E-state index contributed by atoms with van der Waals surface area (Å²) in [5.41, 5.74) is -0.993. The van der Waals surface area contributed by atoms with Gasteiger partial charge in [-0.1, -0.05) is 6.07 Å². The molecular formula is C14H14O7. The fourth-order valence-corrected chi connectivity index (χ4v) is 1.84. The number of hydrogen-bond donors (Lipinski definition) is 2. The number of carbonyl (C=O) groups excluding carboxylic acids is 1. The average molecular weight is 294 g/mol. The van der Waals surface area contributed by atoms with Crippen LogP contribution in [0.25, 0.3) is 11.0 Å². The minimum Gasteiger partial charge on any atom is -0.504 e. The molecule has 0 saturated carbocycles. The Morgan fingerprint density at radius 3 is 2.81 bits per heavy atom. The number of ether oxygens (including phenoxy) is 2. The summed E-state index contributed by atoms with van der Waals surface area (Å²) in [7, 11) is 0. The number of rotatable bonds is 5. The van der Waals surface area contributed by atoms with Crippen molar-refractivity contribution in [3.05, 3.63) is 34.2 Å². The Balaban J connectivity index is 2.60. The second-order valence-electron chi connectivity index (χ2n) is 4.04. The van der Waals surface area contributed by atoms with Crippen LogP contribution in [-0.4, -0.2) is 36.0 Å². The molecule has 0 bridgehead atoms. The number of aromatic hydroxyl groups is 1. The maximum Gasteiger partial charge on any atom is 0.383 e. The first-order valence-corrected chi connectivity index (χ1v) is 6.29. The van der Waals surface area contributed by atoms with E-state index in [1.54, 1.807) is 6.92 Å². The predicted octanol–water partition coefficient (Wildman–Crippen LogP) is 1.05. The van der Waals surface area contributed by atoms with Gasteiger partial charge in [-0.15, -0.1) is 0 Å². The first-order chi connectivity index (χ1) is 10.1. The smallest absolute Gasteiger partial charge is 0.383 e. The lowest BCUT2D eigenvalue weighted by molar-refractivity contribution is 0.0434. The zero-order valence-electron chi connectivity index (χ0n) is 11.3. The number of benzene rings is 1. The Labute approximate surface area is 119 Å². The monoisotopic (exact) mass is 294 g/mol. The molecule has 2 aromatic rings. The van der Waals surface area contributed by atoms with Crippen molar-refractivity contribution in [2.24, 2.45) is 0 Å². The summed E-state index contributed by atoms with van der Waals surface area (Å²) in [6.07, 6.45) is 0. The molecule has 0 aliphatic rings. The van der Waals surface area contributed by atoms with E-state index in [-0.39, 0.29) is 47.9 Å². The van der Waals surface area contributed by atoms with Crippen molar-refractivity contribution in [1.29, 1.82) is 0 Å². The van der Waals surface area contributed by atoms with E-state index >= 15 is 0 Å². The number of carbonyl (C=O) groups is 1. The van der Waals surface area contributed by atoms with Crippen LogP contribution in [0.5, 0.6) is 11.5 Å². The van der Waals surface area contributed by atoms with E-state index in [1.165, 1.54) is 18.2 Å². The fourth-order valence-electron chi connectivity index (χ4n) is 1.84. The summed E-state index contributed by atoms with van der Waals surface area (Å²) >= 11 is 0. The van der Waals surface area contributed by atoms with Gasteiger partial charge in [-0.25, -0.2) is 9.59 Å². The van der Waals surface area contributed by atoms with Gasteiger partial charge in [-0.05, 0) is 19.1 Å². The van der Waals surface area contributed by atoms with Crippen molar-refractivity contribution >= 4 is 16.9 Å². The zero-order valence-corrected chi connectivity index (χ0v) is 11.3. The van der Waals surface area contributed by atoms with Crippen LogP contribution in [0.1, 0.15) is 17.3 Å². The van der Waals surface area contributed by atoms with Crippen LogP contribution in [0, 0.1) is 0 Å². The highest BCUT2D eigenvalue weighted by molar-refractivity contribution is 6.03. The van der Waals surface area contributed by atoms with Crippen LogP contribution < -0.4 is 10.4 Å². The Morgan fingerprint density at radius 2 is 2.14 bits per heavy atom. The van der Waals surface area contributed by atoms with E-state index in [9.17, 15) is 14.7 Å². The predicted molar refractivity (Wildman–Crippen MR) is 72.7 cm³/mol. The molecule has 1 aromatic carbocycles. The van der Waals surface area contributed by atoms with Crippen LogP contribution in [-0.2, 0) is 4.74 Å². The summed E-state index contributed by atoms with van der Waals surface area (Å²) in [6, 6.07) is 4.39. The average Bonchev–Trinajstić information content (AvgIpc) is 2.48. The highest BCUT2D eigenvalue weighted by Gasteiger charge is 2.20. The third kappa shape index (κ3) is 2.82. The molecule has 0 radical (unpaired) electrons. The summed E-state index contributed by atoms with van der Waals surface area (Å²) in [6.45, 7) is 1.34. The molecule has 1 aromatic heterocycles. The molecule has 0 fully saturated rings. The molecule has 0 aliphatic heterocycles. The molecule has 0 unspecified atom stereocenters. The number of esters is 1. The zero-order chi connectivity index (χ0) is 15.4. The minimum atomic E-state index is -0.885. The lowest BCUT2D eigenvalue weighted by atomic mass is 10.1. The molecule has 7 nitrogen and oxygen atoms in total. The quantitative estimate of drug-likeness (QED) is 0.627. The molecule has 0 atom stereocenters. The lowest BCUT2D eigenvalue weighted by Crippen LogP contribution is -2.11. The van der Waals surface area contributed by atoms with Crippen molar-refractivity contribution in [3.8, 4) is 11.5 Å². The molecule has 0 aliphatic carbocycles. The summed E-state index contributed by atoms with van der Waals surface area (Å²) in [5.74, 6) is -1.45. The van der Waals surface area contributed by atoms with E-state index in [1.807, 2.05) is 0 Å². The van der Waals surface area contributed by atoms with E-state index in [0.717, 1.165) is 0 Å². The van der Waals surface area contributed by atoms with Gasteiger partial charge in [0.05, 0.1) is 18.6 Å². The highest BCUT2D eigenvalue weighted by atomic mass is 16.5. The first-order valence-electron chi connectivity index (χ1n) is 6.29. The van der Waals surface area contributed by atoms with Crippen molar-refractivity contribution in [3.63, 3.8) is 0 Å². The van der Waals surface area contributed by atoms with Crippen molar-refractivity contribution in [2.45, 2.75) is 6.92 Å². The topological polar surface area (TPSA) is 106 Å². The van der Waals surface area contributed by atoms with Gasteiger partial charge >= 0.3 is 11.6 Å². The Morgan fingerprint density at radius 1 is 1.38 bits per heavy atom. The first kappa shape index (κ1) is 14.9. The van der Waals surface area contributed by atoms with Crippen LogP contribution in [0.3, 0.4) is 0 Å². The van der Waals surface area contributed by atoms with Gasteiger partial charge in [0.2, 0.25) is 5.75 Å². The highest BCUT2D eigenvalue weighted by Crippen LogP contribution is 2.33. The van der Waals surface area contributed by atoms with Crippen molar-refractivity contribution in [2.75, 3.05) is 19.8 Å². The summed E-state index contributed by atoms with van der Waals surface area (Å²) in [4.78, 5) is 23.6. The number of hydrogen-bond acceptors (Lipinski definition) is 7. The maximum atomic E-state index is 11.8. The number of fused-ring (bicyclic) bond motifs is 1. The van der Waals surface area contributed by atoms with Crippen molar-refractivity contribution in [1.82, 2.24) is 0 Å². The van der Waals surface area contributed by atoms with Crippen LogP contribution >= 0.6 is 0 Å². The third-order valence-electron chi connectivity index (χ3n) is 2.70. The third-order valence-corrected chi connectivity index (χ3v) is 2.70. The van der Waals surface area contributed by atoms with E-state index in [4.69, 9.17) is 19.0 Å². The number of aliphatic hydroxyl groups excluding tert-OH is 1. The molecule has 21 heavy (non-hydrogen) atoms. The normalized spacial score (nSPS) is 10.6. The van der Waals surface area contributed by atoms with Gasteiger partial charge in [-0.2, -0.15) is 0 Å². The molecular weight excluding hydrogens is 280 g/mol. The van der Waals surface area contributed by atoms with Gasteiger partial charge in [0.15, 0.2) is 11.3 Å². The molecule has 2 N–H and O–H groups in total. The molecule has 0 spiro atoms. The summed E-state index contributed by atoms with van der Waals surface area (Å²) < 4.78 is 14.9. The summed E-state index contributed by atoms with van der Waals surface area (Å²) in [5, 5.41) is 18.9. The fraction of sp³-hybridized carbons (Fsp3) is 0.286. The second kappa shape index (κ2) is 6.27. The number of aliphatic hydroxyl groups is 1. The van der Waals surface area contributed by atoms with Crippen molar-refractivity contribution < 1.29 is 28.9 Å². The molecule has 1 heterocycles. The van der Waals surface area contributed by atoms with E-state index in [0.29, 0.717) is 0 Å². The number of para-hydroxylation sites is 1. The maximum absolute atomic E-state index is 11.8. The van der Waals surface area contributed by atoms with Gasteiger partial charge in [0, 0.05) is 0 Å². The molecule has 2 rings (SSSR count). The standard InChI is InChI=1S/C14H14O7/c1-2-19-12-10(16)8-4-3-5-9(11(8)21-14(12)18)13(17)20-7-6-15/h3-5,15-16H,2,6-7H2,1H3. The van der Waals surface area contributed by atoms with E-state index < -0.39 is 11.6 Å². The largest absolute Gasteiger partial charge is 0.504 e. The van der Waals surface area contributed by atoms with Crippen LogP contribution in [0.15, 0.2) is 27.4 Å². The second-order valence-corrected chi connectivity index (χ2v) is 4.04. The SMILES string of the molecule is CCOc1c(O)c2cccc(C(=O)OCCO)c2oc1=O. The van der Waals surface area contributed by atoms with Gasteiger partial charge < -0.3 is 24.1 Å². The van der Waals surface area contributed by atoms with Crippen LogP contribution in [0.2, 0.25) is 0 Å². The molecule has 0 amide bonds. The molecule has 7 heteroatoms. The minimum absolute atomic E-state index is 0.0172. The van der Waals surface area contributed by atoms with Gasteiger partial charge in [-0.3, -0.25) is 0 Å². The lowest BCUT2D eigenvalue weighted by Gasteiger charge is -2.09. The van der Waals surface area contributed by atoms with Crippen LogP contribution in [0.4, 0.5) is 0 Å². The Hall–Kier alpha value is -2.54. The van der Waals surface area contributed by atoms with Gasteiger partial charge in [0.25, 0.3) is 0 Å².